The topological polar surface area (TPSA) is 74.0 Å². The van der Waals surface area contributed by atoms with Crippen molar-refractivity contribution in [2.75, 3.05) is 12.3 Å². The smallest absolute Gasteiger partial charge is 0.330 e. The Morgan fingerprint density at radius 2 is 1.89 bits per heavy atom. The second-order valence-electron chi connectivity index (χ2n) is 8.96. The van der Waals surface area contributed by atoms with Crippen LogP contribution in [0.4, 0.5) is 18.0 Å². The first-order chi connectivity index (χ1) is 18.3. The van der Waals surface area contributed by atoms with Gasteiger partial charge in [0.15, 0.2) is 0 Å². The number of amides is 2. The number of urea groups is 1. The molecular weight excluding hydrogens is 511 g/mol. The zero-order chi connectivity index (χ0) is 27.4. The molecule has 10 heteroatoms. The Labute approximate surface area is 226 Å². The van der Waals surface area contributed by atoms with E-state index < -0.39 is 17.8 Å². The van der Waals surface area contributed by atoms with Crippen molar-refractivity contribution in [1.29, 1.82) is 5.26 Å². The van der Waals surface area contributed by atoms with Crippen LogP contribution < -0.4 is 4.72 Å². The number of carbonyl (C=O) groups is 1. The lowest BCUT2D eigenvalue weighted by Gasteiger charge is -2.25. The molecule has 6 nitrogen and oxygen atoms in total. The largest absolute Gasteiger partial charge is 0.416 e. The molecule has 2 aromatic carbocycles. The summed E-state index contributed by atoms with van der Waals surface area (Å²) in [5.74, 6) is 0.751. The summed E-state index contributed by atoms with van der Waals surface area (Å²) in [5.41, 5.74) is 1.91. The van der Waals surface area contributed by atoms with Gasteiger partial charge in [0.1, 0.15) is 0 Å². The van der Waals surface area contributed by atoms with Crippen LogP contribution in [0.5, 0.6) is 0 Å². The molecule has 0 aliphatic carbocycles. The molecule has 0 fully saturated rings. The number of rotatable bonds is 13. The van der Waals surface area contributed by atoms with Crippen LogP contribution in [0.1, 0.15) is 60.6 Å². The lowest BCUT2D eigenvalue weighted by Crippen LogP contribution is -2.38. The molecule has 0 spiro atoms. The quantitative estimate of drug-likeness (QED) is 0.190. The molecule has 1 aromatic heterocycles. The van der Waals surface area contributed by atoms with E-state index in [1.165, 1.54) is 29.0 Å². The van der Waals surface area contributed by atoms with E-state index in [0.717, 1.165) is 42.3 Å². The number of nitrogens with one attached hydrogen (secondary N) is 1. The Balaban J connectivity index is 1.66. The van der Waals surface area contributed by atoms with Gasteiger partial charge in [-0.2, -0.15) is 18.4 Å². The number of imidazole rings is 1. The molecule has 2 amide bonds. The Hall–Kier alpha value is -3.45. The maximum Gasteiger partial charge on any atom is 0.416 e. The lowest BCUT2D eigenvalue weighted by atomic mass is 10.1. The van der Waals surface area contributed by atoms with Crippen LogP contribution in [0.3, 0.4) is 0 Å². The van der Waals surface area contributed by atoms with Crippen LogP contribution in [0.2, 0.25) is 0 Å². The molecular formula is C28H32F3N5OS. The molecule has 3 rings (SSSR count). The van der Waals surface area contributed by atoms with Crippen molar-refractivity contribution in [3.05, 3.63) is 89.0 Å². The minimum atomic E-state index is -4.49. The molecule has 3 aromatic rings. The number of hydrogen-bond acceptors (Lipinski definition) is 4. The number of carbonyl (C=O) groups excluding carboxylic acids is 1. The fourth-order valence-corrected chi connectivity index (χ4v) is 4.73. The summed E-state index contributed by atoms with van der Waals surface area (Å²) in [6.07, 6.45) is 3.23. The highest BCUT2D eigenvalue weighted by molar-refractivity contribution is 7.97. The number of nitrogens with zero attached hydrogens (tertiary/aromatic N) is 4. The number of nitriles is 1. The van der Waals surface area contributed by atoms with Crippen molar-refractivity contribution >= 4 is 18.0 Å². The van der Waals surface area contributed by atoms with Gasteiger partial charge in [0.05, 0.1) is 23.5 Å². The number of aromatic nitrogens is 2. The number of unbranched alkanes of at least 4 members (excludes halogenated alkanes) is 2. The van der Waals surface area contributed by atoms with Crippen molar-refractivity contribution < 1.29 is 18.0 Å². The van der Waals surface area contributed by atoms with Crippen LogP contribution in [-0.2, 0) is 25.7 Å². The van der Waals surface area contributed by atoms with E-state index >= 15 is 0 Å². The number of halogens is 3. The minimum Gasteiger partial charge on any atom is -0.330 e. The van der Waals surface area contributed by atoms with E-state index in [1.807, 2.05) is 16.7 Å². The molecule has 0 radical (unpaired) electrons. The van der Waals surface area contributed by atoms with Crippen molar-refractivity contribution in [2.45, 2.75) is 58.3 Å². The molecule has 0 bridgehead atoms. The predicted octanol–water partition coefficient (Wildman–Crippen LogP) is 6.80. The second-order valence-corrected chi connectivity index (χ2v) is 9.87. The first-order valence-electron chi connectivity index (χ1n) is 12.6. The standard InChI is InChI=1S/C28H32F3N5OS/c1-2-3-6-16-38-34-27(37)35(20-24-8-4-5-10-26(24)28(29,30)31)15-7-9-25-18-33-21-36(25)19-23-13-11-22(17-32)12-14-23/h4-5,8,10-14,18,21H,2-3,6-7,9,15-16,19-20H2,1H3,(H,34,37). The van der Waals surface area contributed by atoms with Gasteiger partial charge in [-0.3, -0.25) is 4.72 Å². The first-order valence-corrected chi connectivity index (χ1v) is 13.6. The van der Waals surface area contributed by atoms with Crippen molar-refractivity contribution in [3.63, 3.8) is 0 Å². The number of hydrogen-bond donors (Lipinski definition) is 1. The van der Waals surface area contributed by atoms with Gasteiger partial charge in [-0.1, -0.05) is 50.1 Å². The van der Waals surface area contributed by atoms with Crippen LogP contribution >= 0.6 is 11.9 Å². The monoisotopic (exact) mass is 543 g/mol. The summed E-state index contributed by atoms with van der Waals surface area (Å²) in [4.78, 5) is 18.7. The van der Waals surface area contributed by atoms with E-state index in [2.05, 4.69) is 22.7 Å². The summed E-state index contributed by atoms with van der Waals surface area (Å²) >= 11 is 1.29. The van der Waals surface area contributed by atoms with E-state index in [-0.39, 0.29) is 18.7 Å². The van der Waals surface area contributed by atoms with E-state index in [0.29, 0.717) is 24.9 Å². The SMILES string of the molecule is CCCCCSNC(=O)N(CCCc1cncn1Cc1ccc(C#N)cc1)Cc1ccccc1C(F)(F)F. The second kappa shape index (κ2) is 14.5. The maximum atomic E-state index is 13.6. The lowest BCUT2D eigenvalue weighted by molar-refractivity contribution is -0.138. The van der Waals surface area contributed by atoms with Gasteiger partial charge in [-0.25, -0.2) is 9.78 Å². The third kappa shape index (κ3) is 8.84. The Bertz CT molecular complexity index is 1200. The average Bonchev–Trinajstić information content (AvgIpc) is 3.34. The summed E-state index contributed by atoms with van der Waals surface area (Å²) in [7, 11) is 0. The van der Waals surface area contributed by atoms with Gasteiger partial charge in [0.25, 0.3) is 0 Å². The number of aryl methyl sites for hydroxylation is 1. The fourth-order valence-electron chi connectivity index (χ4n) is 4.03. The van der Waals surface area contributed by atoms with Gasteiger partial charge in [0.2, 0.25) is 0 Å². The molecule has 0 aliphatic rings. The van der Waals surface area contributed by atoms with Crippen molar-refractivity contribution in [1.82, 2.24) is 19.2 Å². The highest BCUT2D eigenvalue weighted by atomic mass is 32.2. The Kier molecular flexibility index (Phi) is 11.1. The molecule has 0 aliphatic heterocycles. The van der Waals surface area contributed by atoms with Crippen LogP contribution in [0.25, 0.3) is 0 Å². The highest BCUT2D eigenvalue weighted by Crippen LogP contribution is 2.32. The number of alkyl halides is 3. The molecule has 0 unspecified atom stereocenters. The molecule has 0 atom stereocenters. The van der Waals surface area contributed by atoms with E-state index in [9.17, 15) is 18.0 Å². The fraction of sp³-hybridized carbons (Fsp3) is 0.393. The molecule has 38 heavy (non-hydrogen) atoms. The van der Waals surface area contributed by atoms with Gasteiger partial charge < -0.3 is 9.47 Å². The van der Waals surface area contributed by atoms with Gasteiger partial charge in [-0.15, -0.1) is 0 Å². The summed E-state index contributed by atoms with van der Waals surface area (Å²) < 4.78 is 45.5. The Morgan fingerprint density at radius 3 is 2.61 bits per heavy atom. The van der Waals surface area contributed by atoms with E-state index in [4.69, 9.17) is 5.26 Å². The highest BCUT2D eigenvalue weighted by Gasteiger charge is 2.33. The molecule has 0 saturated carbocycles. The molecule has 202 valence electrons. The van der Waals surface area contributed by atoms with Gasteiger partial charge >= 0.3 is 12.2 Å². The first kappa shape index (κ1) is 29.1. The van der Waals surface area contributed by atoms with Gasteiger partial charge in [-0.05, 0) is 60.5 Å². The third-order valence-corrected chi connectivity index (χ3v) is 6.89. The van der Waals surface area contributed by atoms with Crippen molar-refractivity contribution in [3.8, 4) is 6.07 Å². The molecule has 1 heterocycles. The zero-order valence-corrected chi connectivity index (χ0v) is 22.2. The van der Waals surface area contributed by atoms with Crippen LogP contribution in [0.15, 0.2) is 61.1 Å². The third-order valence-electron chi connectivity index (χ3n) is 6.08. The van der Waals surface area contributed by atoms with Crippen LogP contribution in [-0.4, -0.2) is 32.8 Å². The van der Waals surface area contributed by atoms with E-state index in [1.54, 1.807) is 30.7 Å². The van der Waals surface area contributed by atoms with Crippen molar-refractivity contribution in [2.24, 2.45) is 0 Å². The summed E-state index contributed by atoms with van der Waals surface area (Å²) in [6, 6.07) is 14.4. The molecule has 1 N–H and O–H groups in total. The van der Waals surface area contributed by atoms with Gasteiger partial charge in [0, 0.05) is 37.3 Å². The average molecular weight is 544 g/mol. The number of benzene rings is 2. The normalized spacial score (nSPS) is 11.2. The summed E-state index contributed by atoms with van der Waals surface area (Å²) in [6.45, 7) is 2.83. The predicted molar refractivity (Wildman–Crippen MR) is 143 cm³/mol. The summed E-state index contributed by atoms with van der Waals surface area (Å²) in [5, 5.41) is 8.99. The molecule has 0 saturated heterocycles. The maximum absolute atomic E-state index is 13.6. The zero-order valence-electron chi connectivity index (χ0n) is 21.4. The van der Waals surface area contributed by atoms with Crippen LogP contribution in [0, 0.1) is 11.3 Å². The minimum absolute atomic E-state index is 0.0667. The Morgan fingerprint density at radius 1 is 1.13 bits per heavy atom.